The van der Waals surface area contributed by atoms with E-state index in [2.05, 4.69) is 174 Å². The molecule has 0 fully saturated rings. The SMILES string of the molecule is c1ccc(-c2nc3ccccc3n2-c2ccc(-c3c4ccccc4c(-c4ccc5c(c4)oc4ccc6ccccc6c45)c4ccccc34)cc2)cc1. The maximum absolute atomic E-state index is 6.54. The molecule has 52 heavy (non-hydrogen) atoms. The molecular weight excluding hydrogens is 633 g/mol. The van der Waals surface area contributed by atoms with E-state index in [0.717, 1.165) is 50.2 Å². The van der Waals surface area contributed by atoms with Gasteiger partial charge in [-0.1, -0.05) is 140 Å². The molecule has 0 saturated heterocycles. The van der Waals surface area contributed by atoms with Gasteiger partial charge in [0.25, 0.3) is 0 Å². The molecule has 9 aromatic carbocycles. The van der Waals surface area contributed by atoms with Crippen LogP contribution in [0.2, 0.25) is 0 Å². The van der Waals surface area contributed by atoms with Crippen molar-refractivity contribution in [3.8, 4) is 39.3 Å². The molecule has 0 bridgehead atoms. The van der Waals surface area contributed by atoms with Crippen molar-refractivity contribution in [2.75, 3.05) is 0 Å². The number of hydrogen-bond acceptors (Lipinski definition) is 2. The van der Waals surface area contributed by atoms with Gasteiger partial charge in [0.2, 0.25) is 0 Å². The molecule has 0 amide bonds. The third kappa shape index (κ3) is 4.30. The first kappa shape index (κ1) is 28.8. The third-order valence-electron chi connectivity index (χ3n) is 10.6. The smallest absolute Gasteiger partial charge is 0.145 e. The first-order valence-corrected chi connectivity index (χ1v) is 17.7. The van der Waals surface area contributed by atoms with Gasteiger partial charge in [0.15, 0.2) is 0 Å². The van der Waals surface area contributed by atoms with E-state index in [4.69, 9.17) is 9.40 Å². The van der Waals surface area contributed by atoms with Crippen molar-refractivity contribution in [3.63, 3.8) is 0 Å². The van der Waals surface area contributed by atoms with Gasteiger partial charge in [-0.3, -0.25) is 4.57 Å². The summed E-state index contributed by atoms with van der Waals surface area (Å²) in [5, 5.41) is 9.62. The van der Waals surface area contributed by atoms with Gasteiger partial charge in [-0.2, -0.15) is 0 Å². The Bertz CT molecular complexity index is 3110. The fraction of sp³-hybridized carbons (Fsp3) is 0. The largest absolute Gasteiger partial charge is 0.456 e. The molecule has 0 spiro atoms. The molecule has 0 aliphatic rings. The van der Waals surface area contributed by atoms with Gasteiger partial charge in [-0.25, -0.2) is 4.98 Å². The Kier molecular flexibility index (Phi) is 6.25. The van der Waals surface area contributed by atoms with Crippen LogP contribution in [-0.2, 0) is 0 Å². The fourth-order valence-electron chi connectivity index (χ4n) is 8.30. The zero-order chi connectivity index (χ0) is 34.2. The number of imidazole rings is 1. The van der Waals surface area contributed by atoms with E-state index in [-0.39, 0.29) is 0 Å². The minimum atomic E-state index is 0.901. The van der Waals surface area contributed by atoms with E-state index in [1.807, 2.05) is 12.1 Å². The maximum atomic E-state index is 6.54. The van der Waals surface area contributed by atoms with Gasteiger partial charge < -0.3 is 4.42 Å². The van der Waals surface area contributed by atoms with Crippen LogP contribution in [0.25, 0.3) is 105 Å². The summed E-state index contributed by atoms with van der Waals surface area (Å²) in [6, 6.07) is 64.9. The average molecular weight is 663 g/mol. The lowest BCUT2D eigenvalue weighted by Crippen LogP contribution is -1.97. The molecule has 0 saturated carbocycles. The summed E-state index contributed by atoms with van der Waals surface area (Å²) < 4.78 is 8.81. The van der Waals surface area contributed by atoms with Crippen LogP contribution >= 0.6 is 0 Å². The second-order valence-electron chi connectivity index (χ2n) is 13.5. The Morgan fingerprint density at radius 1 is 0.404 bits per heavy atom. The molecule has 11 aromatic rings. The Morgan fingerprint density at radius 3 is 1.73 bits per heavy atom. The lowest BCUT2D eigenvalue weighted by atomic mass is 9.86. The third-order valence-corrected chi connectivity index (χ3v) is 10.6. The Hall–Kier alpha value is -6.97. The highest BCUT2D eigenvalue weighted by Gasteiger charge is 2.19. The molecule has 0 radical (unpaired) electrons. The molecule has 242 valence electrons. The van der Waals surface area contributed by atoms with Gasteiger partial charge in [0, 0.05) is 22.0 Å². The second kappa shape index (κ2) is 11.3. The summed E-state index contributed by atoms with van der Waals surface area (Å²) in [5.74, 6) is 0.935. The predicted molar refractivity (Wildman–Crippen MR) is 217 cm³/mol. The summed E-state index contributed by atoms with van der Waals surface area (Å²) in [7, 11) is 0. The molecular formula is C49H30N2O. The minimum absolute atomic E-state index is 0.901. The molecule has 3 heteroatoms. The molecule has 0 aliphatic carbocycles. The van der Waals surface area contributed by atoms with Crippen molar-refractivity contribution in [2.24, 2.45) is 0 Å². The van der Waals surface area contributed by atoms with Crippen molar-refractivity contribution in [1.29, 1.82) is 0 Å². The maximum Gasteiger partial charge on any atom is 0.145 e. The zero-order valence-electron chi connectivity index (χ0n) is 28.1. The summed E-state index contributed by atoms with van der Waals surface area (Å²) in [6.07, 6.45) is 0. The van der Waals surface area contributed by atoms with E-state index >= 15 is 0 Å². The summed E-state index contributed by atoms with van der Waals surface area (Å²) in [5.41, 5.74) is 10.8. The van der Waals surface area contributed by atoms with E-state index in [0.29, 0.717) is 0 Å². The average Bonchev–Trinajstić information content (AvgIpc) is 3.79. The number of nitrogens with zero attached hydrogens (tertiary/aromatic N) is 2. The lowest BCUT2D eigenvalue weighted by Gasteiger charge is -2.18. The van der Waals surface area contributed by atoms with Crippen LogP contribution in [0.3, 0.4) is 0 Å². The normalized spacial score (nSPS) is 11.8. The van der Waals surface area contributed by atoms with Crippen LogP contribution in [0.5, 0.6) is 0 Å². The highest BCUT2D eigenvalue weighted by molar-refractivity contribution is 6.23. The second-order valence-corrected chi connectivity index (χ2v) is 13.5. The number of aromatic nitrogens is 2. The van der Waals surface area contributed by atoms with Crippen LogP contribution < -0.4 is 0 Å². The number of fused-ring (bicyclic) bond motifs is 8. The topological polar surface area (TPSA) is 31.0 Å². The van der Waals surface area contributed by atoms with Gasteiger partial charge in [0.1, 0.15) is 17.0 Å². The van der Waals surface area contributed by atoms with E-state index < -0.39 is 0 Å². The Morgan fingerprint density at radius 2 is 1.00 bits per heavy atom. The number of rotatable bonds is 4. The van der Waals surface area contributed by atoms with Crippen LogP contribution in [0.15, 0.2) is 186 Å². The van der Waals surface area contributed by atoms with Crippen LogP contribution in [0.1, 0.15) is 0 Å². The van der Waals surface area contributed by atoms with Crippen LogP contribution in [-0.4, -0.2) is 9.55 Å². The highest BCUT2D eigenvalue weighted by atomic mass is 16.3. The monoisotopic (exact) mass is 662 g/mol. The molecule has 2 heterocycles. The number of para-hydroxylation sites is 2. The van der Waals surface area contributed by atoms with Crippen LogP contribution in [0, 0.1) is 0 Å². The van der Waals surface area contributed by atoms with Gasteiger partial charge in [0.05, 0.1) is 11.0 Å². The molecule has 3 nitrogen and oxygen atoms in total. The molecule has 0 N–H and O–H groups in total. The summed E-state index contributed by atoms with van der Waals surface area (Å²) >= 11 is 0. The number of hydrogen-bond donors (Lipinski definition) is 0. The lowest BCUT2D eigenvalue weighted by molar-refractivity contribution is 0.669. The quantitative estimate of drug-likeness (QED) is 0.176. The molecule has 0 atom stereocenters. The zero-order valence-corrected chi connectivity index (χ0v) is 28.1. The molecule has 0 unspecified atom stereocenters. The van der Waals surface area contributed by atoms with E-state index in [1.165, 1.54) is 54.4 Å². The molecule has 2 aromatic heterocycles. The van der Waals surface area contributed by atoms with Crippen LogP contribution in [0.4, 0.5) is 0 Å². The fourth-order valence-corrected chi connectivity index (χ4v) is 8.30. The Labute approximate surface area is 299 Å². The van der Waals surface area contributed by atoms with E-state index in [9.17, 15) is 0 Å². The number of benzene rings is 9. The van der Waals surface area contributed by atoms with Gasteiger partial charge in [-0.15, -0.1) is 0 Å². The minimum Gasteiger partial charge on any atom is -0.456 e. The van der Waals surface area contributed by atoms with Crippen molar-refractivity contribution in [3.05, 3.63) is 182 Å². The van der Waals surface area contributed by atoms with Gasteiger partial charge in [-0.05, 0) is 97.0 Å². The predicted octanol–water partition coefficient (Wildman–Crippen LogP) is 13.4. The Balaban J connectivity index is 1.10. The van der Waals surface area contributed by atoms with Crippen molar-refractivity contribution < 1.29 is 4.42 Å². The van der Waals surface area contributed by atoms with Gasteiger partial charge >= 0.3 is 0 Å². The molecule has 0 aliphatic heterocycles. The van der Waals surface area contributed by atoms with Crippen molar-refractivity contribution >= 4 is 65.3 Å². The summed E-state index contributed by atoms with van der Waals surface area (Å²) in [4.78, 5) is 5.06. The number of furan rings is 1. The first-order valence-electron chi connectivity index (χ1n) is 17.7. The standard InChI is InChI=1S/C49H30N2O/c1-2-13-33(14-3-1)49-50-42-20-10-11-21-43(42)51(49)35-26-22-32(23-27-35)46-37-16-6-8-18-39(37)47(40-19-9-7-17-38(40)46)34-24-28-41-45(30-34)52-44-29-25-31-12-4-5-15-36(31)48(41)44/h1-30H. The van der Waals surface area contributed by atoms with E-state index in [1.54, 1.807) is 0 Å². The highest BCUT2D eigenvalue weighted by Crippen LogP contribution is 2.45. The van der Waals surface area contributed by atoms with Crippen molar-refractivity contribution in [1.82, 2.24) is 9.55 Å². The van der Waals surface area contributed by atoms with Crippen molar-refractivity contribution in [2.45, 2.75) is 0 Å². The molecule has 11 rings (SSSR count). The summed E-state index contributed by atoms with van der Waals surface area (Å²) in [6.45, 7) is 0. The first-order chi connectivity index (χ1) is 25.8.